The van der Waals surface area contributed by atoms with Crippen LogP contribution in [0.3, 0.4) is 0 Å². The number of carbonyl (C=O) groups is 1. The molecule has 2 aromatic rings. The smallest absolute Gasteiger partial charge is 0.335 e. The van der Waals surface area contributed by atoms with Crippen molar-refractivity contribution < 1.29 is 14.6 Å². The van der Waals surface area contributed by atoms with Crippen LogP contribution in [0.2, 0.25) is 0 Å². The fraction of sp³-hybridized carbons (Fsp3) is 0.267. The minimum atomic E-state index is -0.949. The highest BCUT2D eigenvalue weighted by molar-refractivity contribution is 5.87. The van der Waals surface area contributed by atoms with Crippen molar-refractivity contribution in [1.82, 2.24) is 9.97 Å². The molecule has 0 radical (unpaired) electrons. The van der Waals surface area contributed by atoms with Crippen molar-refractivity contribution in [2.45, 2.75) is 26.2 Å². The van der Waals surface area contributed by atoms with Gasteiger partial charge in [-0.25, -0.2) is 9.78 Å². The number of nitrogens with zero attached hydrogens (tertiary/aromatic N) is 2. The maximum Gasteiger partial charge on any atom is 0.335 e. The second-order valence-electron chi connectivity index (χ2n) is 4.79. The van der Waals surface area contributed by atoms with Crippen LogP contribution in [0.1, 0.15) is 33.9 Å². The fourth-order valence-corrected chi connectivity index (χ4v) is 2.38. The minimum absolute atomic E-state index is 0.237. The predicted molar refractivity (Wildman–Crippen MR) is 72.3 cm³/mol. The van der Waals surface area contributed by atoms with Gasteiger partial charge in [-0.1, -0.05) is 0 Å². The maximum absolute atomic E-state index is 10.8. The third-order valence-electron chi connectivity index (χ3n) is 3.32. The van der Waals surface area contributed by atoms with Crippen LogP contribution in [0, 0.1) is 6.92 Å². The van der Waals surface area contributed by atoms with Gasteiger partial charge >= 0.3 is 5.97 Å². The van der Waals surface area contributed by atoms with Gasteiger partial charge in [0.25, 0.3) is 0 Å². The summed E-state index contributed by atoms with van der Waals surface area (Å²) in [6.45, 7) is 1.85. The molecule has 102 valence electrons. The predicted octanol–water partition coefficient (Wildman–Crippen LogP) is 2.76. The van der Waals surface area contributed by atoms with Crippen molar-refractivity contribution in [3.63, 3.8) is 0 Å². The van der Waals surface area contributed by atoms with E-state index in [0.717, 1.165) is 30.5 Å². The largest absolute Gasteiger partial charge is 0.478 e. The molecule has 0 atom stereocenters. The monoisotopic (exact) mass is 270 g/mol. The average Bonchev–Trinajstić information content (AvgIpc) is 2.87. The summed E-state index contributed by atoms with van der Waals surface area (Å²) in [7, 11) is 0. The number of aromatic carboxylic acids is 1. The summed E-state index contributed by atoms with van der Waals surface area (Å²) in [4.78, 5) is 19.6. The van der Waals surface area contributed by atoms with Crippen molar-refractivity contribution in [1.29, 1.82) is 0 Å². The lowest BCUT2D eigenvalue weighted by atomic mass is 10.2. The molecule has 0 amide bonds. The van der Waals surface area contributed by atoms with Crippen LogP contribution in [-0.4, -0.2) is 21.0 Å². The van der Waals surface area contributed by atoms with Crippen LogP contribution >= 0.6 is 0 Å². The third kappa shape index (κ3) is 2.34. The van der Waals surface area contributed by atoms with Gasteiger partial charge in [-0.15, -0.1) is 0 Å². The van der Waals surface area contributed by atoms with E-state index in [4.69, 9.17) is 9.84 Å². The summed E-state index contributed by atoms with van der Waals surface area (Å²) in [5.41, 5.74) is 2.37. The molecular weight excluding hydrogens is 256 g/mol. The molecule has 3 rings (SSSR count). The van der Waals surface area contributed by atoms with Gasteiger partial charge in [0, 0.05) is 5.56 Å². The quantitative estimate of drug-likeness (QED) is 0.928. The van der Waals surface area contributed by atoms with Crippen LogP contribution in [0.5, 0.6) is 11.6 Å². The Kier molecular flexibility index (Phi) is 3.10. The molecule has 5 heteroatoms. The van der Waals surface area contributed by atoms with Gasteiger partial charge in [-0.05, 0) is 50.5 Å². The van der Waals surface area contributed by atoms with E-state index in [1.807, 2.05) is 6.92 Å². The van der Waals surface area contributed by atoms with Crippen molar-refractivity contribution in [2.75, 3.05) is 0 Å². The molecule has 1 heterocycles. The zero-order valence-corrected chi connectivity index (χ0v) is 11.1. The Labute approximate surface area is 116 Å². The number of hydrogen-bond donors (Lipinski definition) is 1. The van der Waals surface area contributed by atoms with E-state index in [0.29, 0.717) is 17.5 Å². The fourth-order valence-electron chi connectivity index (χ4n) is 2.38. The summed E-state index contributed by atoms with van der Waals surface area (Å²) in [5, 5.41) is 8.87. The minimum Gasteiger partial charge on any atom is -0.478 e. The summed E-state index contributed by atoms with van der Waals surface area (Å²) < 4.78 is 5.79. The average molecular weight is 270 g/mol. The summed E-state index contributed by atoms with van der Waals surface area (Å²) in [6.07, 6.45) is 2.97. The number of carboxylic acid groups (broad SMARTS) is 1. The standard InChI is InChI=1S/C15H14N2O3/c1-9-16-13-4-2-3-12(13)14(17-9)20-11-7-5-10(6-8-11)15(18)19/h5-8H,2-4H2,1H3,(H,18,19). The molecule has 0 spiro atoms. The molecular formula is C15H14N2O3. The Morgan fingerprint density at radius 2 is 1.95 bits per heavy atom. The van der Waals surface area contributed by atoms with E-state index < -0.39 is 5.97 Å². The summed E-state index contributed by atoms with van der Waals surface area (Å²) in [6, 6.07) is 6.32. The van der Waals surface area contributed by atoms with E-state index in [-0.39, 0.29) is 5.56 Å². The first-order chi connectivity index (χ1) is 9.63. The molecule has 0 bridgehead atoms. The van der Waals surface area contributed by atoms with Crippen molar-refractivity contribution in [3.05, 3.63) is 46.9 Å². The molecule has 1 aromatic heterocycles. The zero-order chi connectivity index (χ0) is 14.1. The van der Waals surface area contributed by atoms with Gasteiger partial charge in [0.05, 0.1) is 11.3 Å². The van der Waals surface area contributed by atoms with Crippen LogP contribution in [0.4, 0.5) is 0 Å². The maximum atomic E-state index is 10.8. The van der Waals surface area contributed by atoms with E-state index in [1.54, 1.807) is 12.1 Å². The van der Waals surface area contributed by atoms with Gasteiger partial charge in [-0.2, -0.15) is 4.98 Å². The Balaban J connectivity index is 1.90. The number of aromatic nitrogens is 2. The highest BCUT2D eigenvalue weighted by Gasteiger charge is 2.19. The van der Waals surface area contributed by atoms with E-state index in [2.05, 4.69) is 9.97 Å². The molecule has 0 unspecified atom stereocenters. The second kappa shape index (κ2) is 4.92. The number of ether oxygens (including phenoxy) is 1. The van der Waals surface area contributed by atoms with Gasteiger partial charge in [0.2, 0.25) is 5.88 Å². The van der Waals surface area contributed by atoms with E-state index >= 15 is 0 Å². The number of carboxylic acids is 1. The first-order valence-corrected chi connectivity index (χ1v) is 6.51. The molecule has 20 heavy (non-hydrogen) atoms. The number of aryl methyl sites for hydroxylation is 2. The lowest BCUT2D eigenvalue weighted by molar-refractivity contribution is 0.0697. The highest BCUT2D eigenvalue weighted by atomic mass is 16.5. The van der Waals surface area contributed by atoms with E-state index in [1.165, 1.54) is 12.1 Å². The Hall–Kier alpha value is -2.43. The molecule has 5 nitrogen and oxygen atoms in total. The second-order valence-corrected chi connectivity index (χ2v) is 4.79. The third-order valence-corrected chi connectivity index (χ3v) is 3.32. The Bertz CT molecular complexity index is 666. The van der Waals surface area contributed by atoms with Gasteiger partial charge < -0.3 is 9.84 Å². The van der Waals surface area contributed by atoms with Crippen LogP contribution in [-0.2, 0) is 12.8 Å². The lowest BCUT2D eigenvalue weighted by Gasteiger charge is -2.10. The SMILES string of the molecule is Cc1nc2c(c(Oc3ccc(C(=O)O)cc3)n1)CCC2. The van der Waals surface area contributed by atoms with Crippen molar-refractivity contribution in [3.8, 4) is 11.6 Å². The first kappa shape index (κ1) is 12.6. The topological polar surface area (TPSA) is 72.3 Å². The van der Waals surface area contributed by atoms with Crippen LogP contribution in [0.15, 0.2) is 24.3 Å². The molecule has 0 saturated carbocycles. The normalized spacial score (nSPS) is 13.1. The Morgan fingerprint density at radius 1 is 1.20 bits per heavy atom. The number of rotatable bonds is 3. The molecule has 1 aliphatic rings. The van der Waals surface area contributed by atoms with Crippen molar-refractivity contribution in [2.24, 2.45) is 0 Å². The highest BCUT2D eigenvalue weighted by Crippen LogP contribution is 2.31. The first-order valence-electron chi connectivity index (χ1n) is 6.51. The Morgan fingerprint density at radius 3 is 2.65 bits per heavy atom. The van der Waals surface area contributed by atoms with Gasteiger partial charge in [0.15, 0.2) is 0 Å². The van der Waals surface area contributed by atoms with Gasteiger partial charge in [-0.3, -0.25) is 0 Å². The number of fused-ring (bicyclic) bond motifs is 1. The summed E-state index contributed by atoms with van der Waals surface area (Å²) >= 11 is 0. The zero-order valence-electron chi connectivity index (χ0n) is 11.1. The lowest BCUT2D eigenvalue weighted by Crippen LogP contribution is -2.01. The summed E-state index contributed by atoms with van der Waals surface area (Å²) in [5.74, 6) is 0.924. The molecule has 1 aliphatic carbocycles. The molecule has 0 fully saturated rings. The van der Waals surface area contributed by atoms with Crippen LogP contribution < -0.4 is 4.74 Å². The molecule has 0 aliphatic heterocycles. The van der Waals surface area contributed by atoms with E-state index in [9.17, 15) is 4.79 Å². The van der Waals surface area contributed by atoms with Gasteiger partial charge in [0.1, 0.15) is 11.6 Å². The molecule has 0 saturated heterocycles. The van der Waals surface area contributed by atoms with Crippen LogP contribution in [0.25, 0.3) is 0 Å². The number of hydrogen-bond acceptors (Lipinski definition) is 4. The molecule has 1 N–H and O–H groups in total. The molecule has 1 aromatic carbocycles. The van der Waals surface area contributed by atoms with Crippen molar-refractivity contribution >= 4 is 5.97 Å². The number of benzene rings is 1.